The Bertz CT molecular complexity index is 320. The van der Waals surface area contributed by atoms with Crippen molar-refractivity contribution in [2.24, 2.45) is 0 Å². The van der Waals surface area contributed by atoms with E-state index in [1.807, 2.05) is 0 Å². The van der Waals surface area contributed by atoms with Crippen LogP contribution in [-0.4, -0.2) is 6.54 Å². The molecule has 0 fully saturated rings. The predicted molar refractivity (Wildman–Crippen MR) is 65.3 cm³/mol. The molecule has 1 rings (SSSR count). The van der Waals surface area contributed by atoms with E-state index in [0.29, 0.717) is 17.6 Å². The van der Waals surface area contributed by atoms with Gasteiger partial charge in [0.15, 0.2) is 0 Å². The monoisotopic (exact) mass is 249 g/mol. The summed E-state index contributed by atoms with van der Waals surface area (Å²) in [7, 11) is 0. The second kappa shape index (κ2) is 5.76. The Morgan fingerprint density at radius 1 is 1.64 bits per heavy atom. The van der Waals surface area contributed by atoms with Crippen molar-refractivity contribution in [2.75, 3.05) is 6.54 Å². The summed E-state index contributed by atoms with van der Waals surface area (Å²) in [6.07, 6.45) is 0. The molecular weight excluding hydrogens is 237 g/mol. The molecule has 14 heavy (non-hydrogen) atoms. The minimum atomic E-state index is 0.319. The van der Waals surface area contributed by atoms with Gasteiger partial charge in [0, 0.05) is 32.9 Å². The molecule has 1 aromatic rings. The average molecular weight is 250 g/mol. The number of aryl methyl sites for hydroxylation is 1. The van der Waals surface area contributed by atoms with E-state index in [4.69, 9.17) is 23.2 Å². The van der Waals surface area contributed by atoms with E-state index in [0.717, 1.165) is 0 Å². The molecule has 78 valence electrons. The number of hydrogen-bond acceptors (Lipinski definition) is 2. The van der Waals surface area contributed by atoms with Crippen molar-refractivity contribution < 1.29 is 0 Å². The topological polar surface area (TPSA) is 12.0 Å². The quantitative estimate of drug-likeness (QED) is 0.850. The van der Waals surface area contributed by atoms with E-state index in [9.17, 15) is 0 Å². The van der Waals surface area contributed by atoms with E-state index < -0.39 is 0 Å². The first-order valence-electron chi connectivity index (χ1n) is 4.38. The van der Waals surface area contributed by atoms with Crippen LogP contribution < -0.4 is 5.32 Å². The molecule has 0 saturated carbocycles. The summed E-state index contributed by atoms with van der Waals surface area (Å²) >= 11 is 13.0. The first-order valence-corrected chi connectivity index (χ1v) is 6.01. The maximum Gasteiger partial charge on any atom is 0.0432 e. The third-order valence-electron chi connectivity index (χ3n) is 1.88. The van der Waals surface area contributed by atoms with Crippen LogP contribution in [0.3, 0.4) is 0 Å². The lowest BCUT2D eigenvalue weighted by molar-refractivity contribution is 0.624. The van der Waals surface area contributed by atoms with Crippen LogP contribution in [0, 0.1) is 6.92 Å². The van der Waals surface area contributed by atoms with Crippen molar-refractivity contribution >= 4 is 34.5 Å². The Hall–Kier alpha value is -0.0200. The van der Waals surface area contributed by atoms with Crippen molar-refractivity contribution in [1.29, 1.82) is 0 Å². The summed E-state index contributed by atoms with van der Waals surface area (Å²) in [5, 5.41) is 3.92. The molecule has 0 bridgehead atoms. The van der Waals surface area contributed by atoms with Crippen LogP contribution in [0.5, 0.6) is 0 Å². The lowest BCUT2D eigenvalue weighted by Crippen LogP contribution is -2.19. The van der Waals surface area contributed by atoms with Crippen LogP contribution in [-0.2, 0) is 0 Å². The van der Waals surface area contributed by atoms with Gasteiger partial charge in [0.1, 0.15) is 0 Å². The van der Waals surface area contributed by atoms with Gasteiger partial charge in [0.05, 0.1) is 0 Å². The SMILES string of the molecule is Cc1ccc(C(C)NCC(Cl)=CCl)s1. The lowest BCUT2D eigenvalue weighted by Gasteiger charge is -2.10. The minimum absolute atomic E-state index is 0.319. The number of thiophene rings is 1. The first-order chi connectivity index (χ1) is 6.63. The Morgan fingerprint density at radius 2 is 2.36 bits per heavy atom. The molecule has 1 nitrogen and oxygen atoms in total. The fraction of sp³-hybridized carbons (Fsp3) is 0.400. The van der Waals surface area contributed by atoms with Crippen molar-refractivity contribution in [1.82, 2.24) is 5.32 Å². The zero-order valence-corrected chi connectivity index (χ0v) is 10.5. The van der Waals surface area contributed by atoms with Gasteiger partial charge in [-0.2, -0.15) is 0 Å². The number of rotatable bonds is 4. The molecule has 0 aromatic carbocycles. The summed E-state index contributed by atoms with van der Waals surface area (Å²) in [5.74, 6) is 0. The van der Waals surface area contributed by atoms with Gasteiger partial charge in [-0.3, -0.25) is 0 Å². The smallest absolute Gasteiger partial charge is 0.0432 e. The normalized spacial score (nSPS) is 14.4. The van der Waals surface area contributed by atoms with Crippen molar-refractivity contribution in [3.8, 4) is 0 Å². The molecule has 0 aliphatic carbocycles. The summed E-state index contributed by atoms with van der Waals surface area (Å²) in [5.41, 5.74) is 1.39. The summed E-state index contributed by atoms with van der Waals surface area (Å²) < 4.78 is 0. The maximum absolute atomic E-state index is 5.77. The Balaban J connectivity index is 2.47. The number of nitrogens with one attached hydrogen (secondary N) is 1. The molecule has 1 aromatic heterocycles. The lowest BCUT2D eigenvalue weighted by atomic mass is 10.3. The molecule has 0 aliphatic heterocycles. The van der Waals surface area contributed by atoms with E-state index in [-0.39, 0.29) is 0 Å². The highest BCUT2D eigenvalue weighted by molar-refractivity contribution is 7.12. The Morgan fingerprint density at radius 3 is 2.86 bits per heavy atom. The van der Waals surface area contributed by atoms with E-state index in [2.05, 4.69) is 31.3 Å². The van der Waals surface area contributed by atoms with Gasteiger partial charge in [-0.05, 0) is 26.0 Å². The van der Waals surface area contributed by atoms with Gasteiger partial charge in [-0.25, -0.2) is 0 Å². The van der Waals surface area contributed by atoms with E-state index in [1.54, 1.807) is 11.3 Å². The van der Waals surface area contributed by atoms with Crippen molar-refractivity contribution in [3.63, 3.8) is 0 Å². The molecule has 0 amide bonds. The molecular formula is C10H13Cl2NS. The van der Waals surface area contributed by atoms with Crippen molar-refractivity contribution in [3.05, 3.63) is 32.5 Å². The van der Waals surface area contributed by atoms with Gasteiger partial charge in [0.25, 0.3) is 0 Å². The zero-order valence-electron chi connectivity index (χ0n) is 8.18. The highest BCUT2D eigenvalue weighted by Crippen LogP contribution is 2.22. The Kier molecular flexibility index (Phi) is 4.96. The molecule has 1 unspecified atom stereocenters. The van der Waals surface area contributed by atoms with Crippen molar-refractivity contribution in [2.45, 2.75) is 19.9 Å². The fourth-order valence-electron chi connectivity index (χ4n) is 1.08. The highest BCUT2D eigenvalue weighted by Gasteiger charge is 2.06. The average Bonchev–Trinajstić information content (AvgIpc) is 2.60. The third kappa shape index (κ3) is 3.62. The number of halogens is 2. The first kappa shape index (κ1) is 12.1. The molecule has 0 radical (unpaired) electrons. The Labute approximate surface area is 98.7 Å². The predicted octanol–water partition coefficient (Wildman–Crippen LogP) is 4.03. The molecule has 4 heteroatoms. The zero-order chi connectivity index (χ0) is 10.6. The third-order valence-corrected chi connectivity index (χ3v) is 3.68. The molecule has 1 atom stereocenters. The van der Waals surface area contributed by atoms with Gasteiger partial charge in [0.2, 0.25) is 0 Å². The second-order valence-corrected chi connectivity index (χ2v) is 5.13. The minimum Gasteiger partial charge on any atom is -0.304 e. The van der Waals surface area contributed by atoms with Gasteiger partial charge < -0.3 is 5.32 Å². The largest absolute Gasteiger partial charge is 0.304 e. The van der Waals surface area contributed by atoms with Gasteiger partial charge in [-0.1, -0.05) is 23.2 Å². The molecule has 1 heterocycles. The molecule has 0 aliphatic rings. The molecule has 1 N–H and O–H groups in total. The standard InChI is InChI=1S/C10H13Cl2NS/c1-7-3-4-10(14-7)8(2)13-6-9(12)5-11/h3-5,8,13H,6H2,1-2H3. The fourth-order valence-corrected chi connectivity index (χ4v) is 2.13. The maximum atomic E-state index is 5.77. The van der Waals surface area contributed by atoms with Crippen LogP contribution in [0.25, 0.3) is 0 Å². The van der Waals surface area contributed by atoms with E-state index in [1.165, 1.54) is 15.3 Å². The molecule has 0 spiro atoms. The van der Waals surface area contributed by atoms with E-state index >= 15 is 0 Å². The summed E-state index contributed by atoms with van der Waals surface area (Å²) in [4.78, 5) is 2.65. The van der Waals surface area contributed by atoms with Crippen LogP contribution >= 0.6 is 34.5 Å². The van der Waals surface area contributed by atoms with Gasteiger partial charge >= 0.3 is 0 Å². The van der Waals surface area contributed by atoms with Gasteiger partial charge in [-0.15, -0.1) is 11.3 Å². The molecule has 0 saturated heterocycles. The second-order valence-electron chi connectivity index (χ2n) is 3.11. The van der Waals surface area contributed by atoms with Crippen LogP contribution in [0.2, 0.25) is 0 Å². The number of hydrogen-bond donors (Lipinski definition) is 1. The van der Waals surface area contributed by atoms with Crippen LogP contribution in [0.1, 0.15) is 22.7 Å². The van der Waals surface area contributed by atoms with Crippen LogP contribution in [0.4, 0.5) is 0 Å². The summed E-state index contributed by atoms with van der Waals surface area (Å²) in [6.45, 7) is 4.83. The highest BCUT2D eigenvalue weighted by atomic mass is 35.5. The summed E-state index contributed by atoms with van der Waals surface area (Å²) in [6, 6.07) is 4.58. The van der Waals surface area contributed by atoms with Crippen LogP contribution in [0.15, 0.2) is 22.7 Å².